The molecule has 1 unspecified atom stereocenters. The fourth-order valence-corrected chi connectivity index (χ4v) is 3.59. The summed E-state index contributed by atoms with van der Waals surface area (Å²) in [7, 11) is 0. The first-order chi connectivity index (χ1) is 10.2. The van der Waals surface area contributed by atoms with Gasteiger partial charge in [-0.15, -0.1) is 0 Å². The largest absolute Gasteiger partial charge is 0.328 e. The van der Waals surface area contributed by atoms with Crippen LogP contribution in [0.1, 0.15) is 38.2 Å². The van der Waals surface area contributed by atoms with Crippen molar-refractivity contribution < 1.29 is 4.79 Å². The van der Waals surface area contributed by atoms with Crippen molar-refractivity contribution in [2.24, 2.45) is 11.8 Å². The van der Waals surface area contributed by atoms with E-state index in [4.69, 9.17) is 0 Å². The smallest absolute Gasteiger partial charge is 0.241 e. The van der Waals surface area contributed by atoms with Gasteiger partial charge in [0.15, 0.2) is 0 Å². The number of hydrogen-bond donors (Lipinski definition) is 1. The topological polar surface area (TPSA) is 32.3 Å². The van der Waals surface area contributed by atoms with Crippen LogP contribution in [0.5, 0.6) is 0 Å². The summed E-state index contributed by atoms with van der Waals surface area (Å²) < 4.78 is 0. The lowest BCUT2D eigenvalue weighted by Gasteiger charge is -2.29. The highest BCUT2D eigenvalue weighted by atomic mass is 16.2. The third-order valence-corrected chi connectivity index (χ3v) is 5.03. The van der Waals surface area contributed by atoms with Crippen molar-refractivity contribution >= 4 is 5.91 Å². The van der Waals surface area contributed by atoms with Gasteiger partial charge < -0.3 is 4.90 Å². The van der Waals surface area contributed by atoms with Crippen molar-refractivity contribution in [3.05, 3.63) is 35.9 Å². The zero-order chi connectivity index (χ0) is 14.7. The maximum absolute atomic E-state index is 12.5. The van der Waals surface area contributed by atoms with E-state index >= 15 is 0 Å². The molecule has 1 saturated carbocycles. The summed E-state index contributed by atoms with van der Waals surface area (Å²) >= 11 is 0. The van der Waals surface area contributed by atoms with Crippen molar-refractivity contribution in [1.82, 2.24) is 10.2 Å². The van der Waals surface area contributed by atoms with Gasteiger partial charge in [0.1, 0.15) is 0 Å². The van der Waals surface area contributed by atoms with Gasteiger partial charge in [0.05, 0.1) is 12.7 Å². The minimum atomic E-state index is -0.0325. The summed E-state index contributed by atoms with van der Waals surface area (Å²) in [4.78, 5) is 14.5. The molecule has 1 aromatic rings. The van der Waals surface area contributed by atoms with Crippen LogP contribution in [0, 0.1) is 11.8 Å². The second-order valence-electron chi connectivity index (χ2n) is 6.79. The molecule has 3 nitrogen and oxygen atoms in total. The molecule has 0 spiro atoms. The molecule has 0 aromatic heterocycles. The van der Waals surface area contributed by atoms with Gasteiger partial charge in [-0.2, -0.15) is 0 Å². The molecule has 1 aliphatic heterocycles. The molecule has 0 bridgehead atoms. The molecule has 1 saturated heterocycles. The number of hydrogen-bond acceptors (Lipinski definition) is 2. The van der Waals surface area contributed by atoms with Crippen LogP contribution in [0.4, 0.5) is 0 Å². The molecule has 1 aliphatic carbocycles. The van der Waals surface area contributed by atoms with Gasteiger partial charge in [0.2, 0.25) is 5.91 Å². The number of rotatable bonds is 4. The minimum absolute atomic E-state index is 0.0325. The predicted molar refractivity (Wildman–Crippen MR) is 84.8 cm³/mol. The van der Waals surface area contributed by atoms with Crippen LogP contribution in [0.15, 0.2) is 30.3 Å². The summed E-state index contributed by atoms with van der Waals surface area (Å²) in [5.74, 6) is 1.87. The number of benzene rings is 1. The van der Waals surface area contributed by atoms with Gasteiger partial charge in [-0.25, -0.2) is 0 Å². The van der Waals surface area contributed by atoms with E-state index in [0.717, 1.165) is 25.6 Å². The van der Waals surface area contributed by atoms with Crippen LogP contribution in [0.3, 0.4) is 0 Å². The number of nitrogens with zero attached hydrogens (tertiary/aromatic N) is 1. The molecule has 3 heteroatoms. The van der Waals surface area contributed by atoms with Crippen LogP contribution in [-0.2, 0) is 11.2 Å². The summed E-state index contributed by atoms with van der Waals surface area (Å²) in [6.07, 6.45) is 6.03. The highest BCUT2D eigenvalue weighted by Gasteiger charge is 2.32. The lowest BCUT2D eigenvalue weighted by molar-refractivity contribution is -0.129. The lowest BCUT2D eigenvalue weighted by atomic mass is 9.83. The van der Waals surface area contributed by atoms with Gasteiger partial charge >= 0.3 is 0 Å². The number of amides is 1. The summed E-state index contributed by atoms with van der Waals surface area (Å²) in [6, 6.07) is 10.3. The molecule has 2 aliphatic rings. The number of carbonyl (C=O) groups is 1. The van der Waals surface area contributed by atoms with E-state index in [0.29, 0.717) is 5.92 Å². The Bertz CT molecular complexity index is 465. The molecular formula is C18H26N2O. The quantitative estimate of drug-likeness (QED) is 0.923. The van der Waals surface area contributed by atoms with E-state index in [9.17, 15) is 4.79 Å². The van der Waals surface area contributed by atoms with Crippen molar-refractivity contribution in [1.29, 1.82) is 0 Å². The van der Waals surface area contributed by atoms with Crippen molar-refractivity contribution in [3.63, 3.8) is 0 Å². The highest BCUT2D eigenvalue weighted by molar-refractivity contribution is 5.84. The van der Waals surface area contributed by atoms with E-state index < -0.39 is 0 Å². The van der Waals surface area contributed by atoms with Gasteiger partial charge in [-0.1, -0.05) is 50.1 Å². The van der Waals surface area contributed by atoms with Crippen LogP contribution in [0.25, 0.3) is 0 Å². The Hall–Kier alpha value is -1.35. The van der Waals surface area contributed by atoms with Crippen LogP contribution in [0.2, 0.25) is 0 Å². The van der Waals surface area contributed by atoms with Crippen LogP contribution in [-0.4, -0.2) is 30.1 Å². The first-order valence-corrected chi connectivity index (χ1v) is 8.28. The van der Waals surface area contributed by atoms with Crippen LogP contribution >= 0.6 is 0 Å². The second-order valence-corrected chi connectivity index (χ2v) is 6.79. The highest BCUT2D eigenvalue weighted by Crippen LogP contribution is 2.29. The summed E-state index contributed by atoms with van der Waals surface area (Å²) in [5.41, 5.74) is 1.23. The van der Waals surface area contributed by atoms with E-state index in [-0.39, 0.29) is 11.9 Å². The fraction of sp³-hybridized carbons (Fsp3) is 0.611. The SMILES string of the molecule is CC1CCC(CN2CNC(Cc3ccccc3)C2=O)CC1. The molecule has 1 heterocycles. The summed E-state index contributed by atoms with van der Waals surface area (Å²) in [6.45, 7) is 4.01. The van der Waals surface area contributed by atoms with Gasteiger partial charge in [0, 0.05) is 6.54 Å². The van der Waals surface area contributed by atoms with E-state index in [1.54, 1.807) is 0 Å². The zero-order valence-corrected chi connectivity index (χ0v) is 12.9. The summed E-state index contributed by atoms with van der Waals surface area (Å²) in [5, 5.41) is 3.38. The maximum Gasteiger partial charge on any atom is 0.241 e. The van der Waals surface area contributed by atoms with E-state index in [1.165, 1.54) is 31.2 Å². The molecule has 1 N–H and O–H groups in total. The Morgan fingerprint density at radius 3 is 2.57 bits per heavy atom. The molecule has 21 heavy (non-hydrogen) atoms. The van der Waals surface area contributed by atoms with E-state index in [1.807, 2.05) is 23.1 Å². The monoisotopic (exact) mass is 286 g/mol. The normalized spacial score (nSPS) is 29.9. The Morgan fingerprint density at radius 2 is 1.86 bits per heavy atom. The zero-order valence-electron chi connectivity index (χ0n) is 12.9. The molecule has 0 radical (unpaired) electrons. The van der Waals surface area contributed by atoms with Gasteiger partial charge in [0.25, 0.3) is 0 Å². The average Bonchev–Trinajstić information content (AvgIpc) is 2.84. The first kappa shape index (κ1) is 14.6. The van der Waals surface area contributed by atoms with Crippen molar-refractivity contribution in [2.75, 3.05) is 13.2 Å². The molecule has 1 atom stereocenters. The van der Waals surface area contributed by atoms with Gasteiger partial charge in [-0.05, 0) is 36.7 Å². The average molecular weight is 286 g/mol. The van der Waals surface area contributed by atoms with Crippen molar-refractivity contribution in [3.8, 4) is 0 Å². The Balaban J connectivity index is 1.52. The number of carbonyl (C=O) groups excluding carboxylic acids is 1. The predicted octanol–water partition coefficient (Wildman–Crippen LogP) is 2.81. The third kappa shape index (κ3) is 3.65. The minimum Gasteiger partial charge on any atom is -0.328 e. The molecular weight excluding hydrogens is 260 g/mol. The molecule has 1 aromatic carbocycles. The molecule has 3 rings (SSSR count). The molecule has 1 amide bonds. The first-order valence-electron chi connectivity index (χ1n) is 8.28. The Labute approximate surface area is 127 Å². The maximum atomic E-state index is 12.5. The van der Waals surface area contributed by atoms with Crippen LogP contribution < -0.4 is 5.32 Å². The Kier molecular flexibility index (Phi) is 4.59. The second kappa shape index (κ2) is 6.61. The lowest BCUT2D eigenvalue weighted by Crippen LogP contribution is -2.35. The Morgan fingerprint density at radius 1 is 1.14 bits per heavy atom. The standard InChI is InChI=1S/C18H26N2O/c1-14-7-9-16(10-8-14)12-20-13-19-17(18(20)21)11-15-5-3-2-4-6-15/h2-6,14,16-17,19H,7-13H2,1H3. The number of nitrogens with one attached hydrogen (secondary N) is 1. The molecule has 2 fully saturated rings. The van der Waals surface area contributed by atoms with E-state index in [2.05, 4.69) is 24.4 Å². The van der Waals surface area contributed by atoms with Crippen molar-refractivity contribution in [2.45, 2.75) is 45.1 Å². The molecule has 114 valence electrons. The third-order valence-electron chi connectivity index (χ3n) is 5.03. The van der Waals surface area contributed by atoms with Gasteiger partial charge in [-0.3, -0.25) is 10.1 Å². The fourth-order valence-electron chi connectivity index (χ4n) is 3.59.